The van der Waals surface area contributed by atoms with E-state index >= 15 is 0 Å². The predicted octanol–water partition coefficient (Wildman–Crippen LogP) is 3.92. The van der Waals surface area contributed by atoms with Crippen molar-refractivity contribution in [2.75, 3.05) is 0 Å². The van der Waals surface area contributed by atoms with Gasteiger partial charge in [-0.25, -0.2) is 4.39 Å². The van der Waals surface area contributed by atoms with E-state index in [1.807, 2.05) is 6.07 Å². The Labute approximate surface area is 109 Å². The minimum absolute atomic E-state index is 0.0618. The first-order valence-electron chi connectivity index (χ1n) is 6.07. The Balaban J connectivity index is 1.95. The van der Waals surface area contributed by atoms with Gasteiger partial charge in [-0.1, -0.05) is 12.1 Å². The Bertz CT molecular complexity index is 606. The van der Waals surface area contributed by atoms with Gasteiger partial charge in [0.2, 0.25) is 5.78 Å². The highest BCUT2D eigenvalue weighted by molar-refractivity contribution is 7.14. The Kier molecular flexibility index (Phi) is 2.78. The van der Waals surface area contributed by atoms with Gasteiger partial charge in [0, 0.05) is 10.4 Å². The highest BCUT2D eigenvalue weighted by Crippen LogP contribution is 2.31. The number of hydrogen-bond donors (Lipinski definition) is 0. The van der Waals surface area contributed by atoms with E-state index in [2.05, 4.69) is 0 Å². The fraction of sp³-hybridized carbons (Fsp3) is 0.267. The maximum Gasteiger partial charge on any atom is 0.203 e. The molecule has 1 nitrogen and oxygen atoms in total. The summed E-state index contributed by atoms with van der Waals surface area (Å²) in [7, 11) is 0. The van der Waals surface area contributed by atoms with Crippen molar-refractivity contribution in [3.05, 3.63) is 56.5 Å². The number of hydrogen-bond acceptors (Lipinski definition) is 2. The van der Waals surface area contributed by atoms with Crippen molar-refractivity contribution in [3.8, 4) is 0 Å². The number of rotatable bonds is 2. The lowest BCUT2D eigenvalue weighted by Gasteiger charge is -2.01. The van der Waals surface area contributed by atoms with Gasteiger partial charge in [0.1, 0.15) is 5.82 Å². The normalized spacial score (nSPS) is 13.7. The van der Waals surface area contributed by atoms with Crippen molar-refractivity contribution >= 4 is 17.1 Å². The Morgan fingerprint density at radius 1 is 1.28 bits per heavy atom. The van der Waals surface area contributed by atoms with Gasteiger partial charge in [0.05, 0.1) is 4.88 Å². The second-order valence-corrected chi connectivity index (χ2v) is 5.84. The molecule has 0 saturated heterocycles. The molecule has 3 rings (SSSR count). The summed E-state index contributed by atoms with van der Waals surface area (Å²) in [6, 6.07) is 6.67. The number of carbonyl (C=O) groups is 1. The molecule has 1 aliphatic rings. The van der Waals surface area contributed by atoms with Gasteiger partial charge < -0.3 is 0 Å². The van der Waals surface area contributed by atoms with Gasteiger partial charge >= 0.3 is 0 Å². The van der Waals surface area contributed by atoms with E-state index < -0.39 is 0 Å². The van der Waals surface area contributed by atoms with Gasteiger partial charge in [0.25, 0.3) is 0 Å². The molecule has 0 unspecified atom stereocenters. The van der Waals surface area contributed by atoms with Crippen molar-refractivity contribution in [1.82, 2.24) is 0 Å². The van der Waals surface area contributed by atoms with E-state index in [-0.39, 0.29) is 11.6 Å². The van der Waals surface area contributed by atoms with Crippen LogP contribution in [0.15, 0.2) is 24.3 Å². The Morgan fingerprint density at radius 3 is 2.83 bits per heavy atom. The number of fused-ring (bicyclic) bond motifs is 1. The SMILES string of the molecule is Cc1ccc(C(=O)c2cc3c(s2)CCC3)cc1F. The maximum absolute atomic E-state index is 13.5. The minimum atomic E-state index is -0.315. The molecule has 0 fully saturated rings. The summed E-state index contributed by atoms with van der Waals surface area (Å²) in [4.78, 5) is 14.3. The molecule has 92 valence electrons. The number of aryl methyl sites for hydroxylation is 3. The van der Waals surface area contributed by atoms with Crippen LogP contribution in [-0.2, 0) is 12.8 Å². The van der Waals surface area contributed by atoms with Crippen molar-refractivity contribution in [1.29, 1.82) is 0 Å². The fourth-order valence-corrected chi connectivity index (χ4v) is 3.53. The molecule has 0 amide bonds. The molecular formula is C15H13FOS. The molecule has 2 aromatic rings. The van der Waals surface area contributed by atoms with Gasteiger partial charge in [-0.15, -0.1) is 11.3 Å². The molecule has 1 aromatic heterocycles. The molecule has 0 spiro atoms. The third kappa shape index (κ3) is 1.89. The number of halogens is 1. The van der Waals surface area contributed by atoms with Crippen LogP contribution in [0.5, 0.6) is 0 Å². The quantitative estimate of drug-likeness (QED) is 0.748. The molecule has 1 aliphatic carbocycles. The van der Waals surface area contributed by atoms with Crippen molar-refractivity contribution in [2.45, 2.75) is 26.2 Å². The van der Waals surface area contributed by atoms with Crippen LogP contribution < -0.4 is 0 Å². The predicted molar refractivity (Wildman–Crippen MR) is 70.9 cm³/mol. The highest BCUT2D eigenvalue weighted by Gasteiger charge is 2.19. The lowest BCUT2D eigenvalue weighted by molar-refractivity contribution is 0.104. The second kappa shape index (κ2) is 4.32. The largest absolute Gasteiger partial charge is 0.288 e. The summed E-state index contributed by atoms with van der Waals surface area (Å²) in [5.41, 5.74) is 2.31. The molecule has 1 heterocycles. The van der Waals surface area contributed by atoms with Gasteiger partial charge in [0.15, 0.2) is 0 Å². The van der Waals surface area contributed by atoms with Crippen LogP contribution in [0.2, 0.25) is 0 Å². The molecule has 3 heteroatoms. The van der Waals surface area contributed by atoms with Crippen LogP contribution in [-0.4, -0.2) is 5.78 Å². The number of thiophene rings is 1. The van der Waals surface area contributed by atoms with E-state index in [0.717, 1.165) is 17.7 Å². The molecule has 0 bridgehead atoms. The molecule has 18 heavy (non-hydrogen) atoms. The first-order chi connectivity index (χ1) is 8.65. The summed E-state index contributed by atoms with van der Waals surface area (Å²) in [6.07, 6.45) is 3.34. The first-order valence-corrected chi connectivity index (χ1v) is 6.89. The average molecular weight is 260 g/mol. The zero-order valence-corrected chi connectivity index (χ0v) is 10.9. The Morgan fingerprint density at radius 2 is 2.11 bits per heavy atom. The van der Waals surface area contributed by atoms with E-state index in [4.69, 9.17) is 0 Å². The topological polar surface area (TPSA) is 17.1 Å². The van der Waals surface area contributed by atoms with Crippen LogP contribution in [0.25, 0.3) is 0 Å². The fourth-order valence-electron chi connectivity index (χ4n) is 2.32. The van der Waals surface area contributed by atoms with E-state index in [9.17, 15) is 9.18 Å². The van der Waals surface area contributed by atoms with E-state index in [1.54, 1.807) is 30.4 Å². The monoisotopic (exact) mass is 260 g/mol. The van der Waals surface area contributed by atoms with E-state index in [1.165, 1.54) is 22.9 Å². The summed E-state index contributed by atoms with van der Waals surface area (Å²) >= 11 is 1.56. The molecule has 0 saturated carbocycles. The molecular weight excluding hydrogens is 247 g/mol. The minimum Gasteiger partial charge on any atom is -0.288 e. The molecule has 0 atom stereocenters. The molecule has 0 N–H and O–H groups in total. The zero-order valence-electron chi connectivity index (χ0n) is 10.1. The molecule has 1 aromatic carbocycles. The van der Waals surface area contributed by atoms with E-state index in [0.29, 0.717) is 11.1 Å². The standard InChI is InChI=1S/C15H13FOS/c1-9-5-6-11(7-12(9)16)15(17)14-8-10-3-2-4-13(10)18-14/h5-8H,2-4H2,1H3. The number of ketones is 1. The number of carbonyl (C=O) groups excluding carboxylic acids is 1. The maximum atomic E-state index is 13.5. The third-order valence-corrected chi connectivity index (χ3v) is 4.64. The van der Waals surface area contributed by atoms with Crippen molar-refractivity contribution in [3.63, 3.8) is 0 Å². The molecule has 0 aliphatic heterocycles. The second-order valence-electron chi connectivity index (χ2n) is 4.71. The summed E-state index contributed by atoms with van der Waals surface area (Å²) in [6.45, 7) is 1.70. The highest BCUT2D eigenvalue weighted by atomic mass is 32.1. The lowest BCUT2D eigenvalue weighted by atomic mass is 10.1. The van der Waals surface area contributed by atoms with Crippen molar-refractivity contribution < 1.29 is 9.18 Å². The average Bonchev–Trinajstić information content (AvgIpc) is 2.92. The zero-order chi connectivity index (χ0) is 12.7. The van der Waals surface area contributed by atoms with Gasteiger partial charge in [-0.2, -0.15) is 0 Å². The lowest BCUT2D eigenvalue weighted by Crippen LogP contribution is -2.00. The van der Waals surface area contributed by atoms with Gasteiger partial charge in [-0.3, -0.25) is 4.79 Å². The van der Waals surface area contributed by atoms with Crippen LogP contribution in [0.3, 0.4) is 0 Å². The Hall–Kier alpha value is -1.48. The summed E-state index contributed by atoms with van der Waals surface area (Å²) in [5.74, 6) is -0.377. The number of benzene rings is 1. The third-order valence-electron chi connectivity index (χ3n) is 3.40. The van der Waals surface area contributed by atoms with Crippen molar-refractivity contribution in [2.24, 2.45) is 0 Å². The van der Waals surface area contributed by atoms with Crippen LogP contribution in [0.1, 0.15) is 37.7 Å². The summed E-state index contributed by atoms with van der Waals surface area (Å²) in [5, 5.41) is 0. The van der Waals surface area contributed by atoms with Crippen LogP contribution in [0, 0.1) is 12.7 Å². The summed E-state index contributed by atoms with van der Waals surface area (Å²) < 4.78 is 13.5. The first kappa shape index (κ1) is 11.6. The molecule has 0 radical (unpaired) electrons. The van der Waals surface area contributed by atoms with Crippen LogP contribution >= 0.6 is 11.3 Å². The smallest absolute Gasteiger partial charge is 0.203 e. The van der Waals surface area contributed by atoms with Gasteiger partial charge in [-0.05, 0) is 49.4 Å². The van der Waals surface area contributed by atoms with Crippen LogP contribution in [0.4, 0.5) is 4.39 Å².